The van der Waals surface area contributed by atoms with E-state index in [1.54, 1.807) is 0 Å². The third kappa shape index (κ3) is 5.21. The number of carboxylic acid groups (broad SMARTS) is 1. The molecule has 0 aliphatic heterocycles. The maximum atomic E-state index is 13.0. The Kier molecular flexibility index (Phi) is 5.89. The number of aliphatic carboxylic acids is 1. The van der Waals surface area contributed by atoms with E-state index < -0.39 is 23.6 Å². The quantitative estimate of drug-likeness (QED) is 0.785. The molecule has 0 aromatic heterocycles. The maximum Gasteiger partial charge on any atom is 0.317 e. The summed E-state index contributed by atoms with van der Waals surface area (Å²) in [5, 5.41) is 11.0. The summed E-state index contributed by atoms with van der Waals surface area (Å²) in [6.45, 7) is 0.370. The van der Waals surface area contributed by atoms with Crippen molar-refractivity contribution in [3.05, 3.63) is 35.4 Å². The topological polar surface area (TPSA) is 69.6 Å². The van der Waals surface area contributed by atoms with Gasteiger partial charge < -0.3 is 15.3 Å². The number of nitrogens with one attached hydrogen (secondary N) is 1. The van der Waals surface area contributed by atoms with E-state index in [9.17, 15) is 18.4 Å². The molecule has 110 valence electrons. The van der Waals surface area contributed by atoms with Crippen molar-refractivity contribution in [1.29, 1.82) is 0 Å². The van der Waals surface area contributed by atoms with Crippen molar-refractivity contribution in [3.63, 3.8) is 0 Å². The van der Waals surface area contributed by atoms with Crippen LogP contribution in [0.3, 0.4) is 0 Å². The number of nitrogens with zero attached hydrogens (tertiary/aromatic N) is 1. The van der Waals surface area contributed by atoms with E-state index in [-0.39, 0.29) is 19.5 Å². The second-order valence-corrected chi connectivity index (χ2v) is 4.33. The lowest BCUT2D eigenvalue weighted by Gasteiger charge is -2.18. The summed E-state index contributed by atoms with van der Waals surface area (Å²) >= 11 is 0. The van der Waals surface area contributed by atoms with Gasteiger partial charge in [-0.05, 0) is 24.1 Å². The van der Waals surface area contributed by atoms with Gasteiger partial charge in [-0.25, -0.2) is 13.6 Å². The number of carboxylic acids is 1. The minimum Gasteiger partial charge on any atom is -0.481 e. The van der Waals surface area contributed by atoms with Crippen molar-refractivity contribution in [1.82, 2.24) is 10.2 Å². The van der Waals surface area contributed by atoms with E-state index in [0.29, 0.717) is 12.0 Å². The van der Waals surface area contributed by atoms with Gasteiger partial charge in [0.15, 0.2) is 11.6 Å². The first-order chi connectivity index (χ1) is 9.40. The fourth-order valence-corrected chi connectivity index (χ4v) is 1.55. The van der Waals surface area contributed by atoms with Crippen molar-refractivity contribution in [2.45, 2.75) is 19.4 Å². The lowest BCUT2D eigenvalue weighted by molar-refractivity contribution is -0.137. The van der Waals surface area contributed by atoms with Crippen LogP contribution in [0.1, 0.15) is 18.4 Å². The Balaban J connectivity index is 2.41. The molecule has 0 fully saturated rings. The molecule has 0 aliphatic rings. The molecule has 0 saturated heterocycles. The van der Waals surface area contributed by atoms with Crippen LogP contribution in [0.15, 0.2) is 18.2 Å². The van der Waals surface area contributed by atoms with Gasteiger partial charge in [-0.3, -0.25) is 4.79 Å². The average Bonchev–Trinajstić information content (AvgIpc) is 2.38. The van der Waals surface area contributed by atoms with Crippen molar-refractivity contribution in [3.8, 4) is 0 Å². The normalized spacial score (nSPS) is 10.2. The molecule has 0 bridgehead atoms. The molecule has 0 spiro atoms. The third-order valence-corrected chi connectivity index (χ3v) is 2.59. The molecule has 20 heavy (non-hydrogen) atoms. The van der Waals surface area contributed by atoms with Crippen molar-refractivity contribution >= 4 is 12.0 Å². The number of urea groups is 1. The van der Waals surface area contributed by atoms with Crippen LogP contribution < -0.4 is 5.32 Å². The van der Waals surface area contributed by atoms with Crippen LogP contribution in [0.5, 0.6) is 0 Å². The average molecular weight is 286 g/mol. The summed E-state index contributed by atoms with van der Waals surface area (Å²) < 4.78 is 25.8. The zero-order valence-electron chi connectivity index (χ0n) is 11.0. The molecule has 0 radical (unpaired) electrons. The second kappa shape index (κ2) is 7.42. The standard InChI is InChI=1S/C13H16F2N2O3/c1-17(13(20)16-6-2-3-12(18)19)8-9-4-5-10(14)11(15)7-9/h4-5,7H,2-3,6,8H2,1H3,(H,16,20)(H,18,19). The molecule has 2 amide bonds. The summed E-state index contributed by atoms with van der Waals surface area (Å²) in [5.74, 6) is -2.82. The highest BCUT2D eigenvalue weighted by molar-refractivity contribution is 5.74. The summed E-state index contributed by atoms with van der Waals surface area (Å²) in [6.07, 6.45) is 0.313. The highest BCUT2D eigenvalue weighted by Crippen LogP contribution is 2.10. The monoisotopic (exact) mass is 286 g/mol. The van der Waals surface area contributed by atoms with Gasteiger partial charge in [0.25, 0.3) is 0 Å². The number of rotatable bonds is 6. The van der Waals surface area contributed by atoms with Crippen molar-refractivity contribution in [2.75, 3.05) is 13.6 Å². The summed E-state index contributed by atoms with van der Waals surface area (Å²) in [6, 6.07) is 3.03. The molecule has 0 heterocycles. The first-order valence-electron chi connectivity index (χ1n) is 6.05. The number of carbonyl (C=O) groups is 2. The van der Waals surface area contributed by atoms with Crippen molar-refractivity contribution in [2.24, 2.45) is 0 Å². The molecule has 0 atom stereocenters. The highest BCUT2D eigenvalue weighted by Gasteiger charge is 2.10. The Bertz CT molecular complexity index is 495. The largest absolute Gasteiger partial charge is 0.481 e. The van der Waals surface area contributed by atoms with Crippen LogP contribution in [-0.2, 0) is 11.3 Å². The Hall–Kier alpha value is -2.18. The van der Waals surface area contributed by atoms with Crippen LogP contribution in [0.4, 0.5) is 13.6 Å². The van der Waals surface area contributed by atoms with E-state index >= 15 is 0 Å². The van der Waals surface area contributed by atoms with Gasteiger partial charge in [0.2, 0.25) is 0 Å². The molecular weight excluding hydrogens is 270 g/mol. The summed E-state index contributed by atoms with van der Waals surface area (Å²) in [5.41, 5.74) is 0.465. The predicted molar refractivity (Wildman–Crippen MR) is 68.1 cm³/mol. The molecule has 0 aliphatic carbocycles. The van der Waals surface area contributed by atoms with Gasteiger partial charge >= 0.3 is 12.0 Å². The van der Waals surface area contributed by atoms with E-state index in [0.717, 1.165) is 12.1 Å². The molecule has 7 heteroatoms. The van der Waals surface area contributed by atoms with Crippen LogP contribution >= 0.6 is 0 Å². The molecule has 1 aromatic rings. The van der Waals surface area contributed by atoms with Gasteiger partial charge in [-0.2, -0.15) is 0 Å². The van der Waals surface area contributed by atoms with Gasteiger partial charge in [0.05, 0.1) is 0 Å². The minimum absolute atomic E-state index is 0.0207. The predicted octanol–water partition coefficient (Wildman–Crippen LogP) is 1.97. The molecule has 1 aromatic carbocycles. The van der Waals surface area contributed by atoms with Gasteiger partial charge in [-0.15, -0.1) is 0 Å². The van der Waals surface area contributed by atoms with Crippen LogP contribution in [0.25, 0.3) is 0 Å². The first-order valence-corrected chi connectivity index (χ1v) is 6.05. The first kappa shape index (κ1) is 15.9. The van der Waals surface area contributed by atoms with E-state index in [1.807, 2.05) is 0 Å². The molecule has 2 N–H and O–H groups in total. The Morgan fingerprint density at radius 2 is 2.00 bits per heavy atom. The zero-order chi connectivity index (χ0) is 15.1. The smallest absolute Gasteiger partial charge is 0.317 e. The van der Waals surface area contributed by atoms with Crippen LogP contribution in [0, 0.1) is 11.6 Å². The molecule has 0 saturated carbocycles. The minimum atomic E-state index is -0.960. The van der Waals surface area contributed by atoms with E-state index in [4.69, 9.17) is 5.11 Å². The Labute approximate surface area is 115 Å². The lowest BCUT2D eigenvalue weighted by atomic mass is 10.2. The summed E-state index contributed by atoms with van der Waals surface area (Å²) in [4.78, 5) is 23.2. The van der Waals surface area contributed by atoms with Gasteiger partial charge in [0.1, 0.15) is 0 Å². The number of amides is 2. The molecule has 0 unspecified atom stereocenters. The second-order valence-electron chi connectivity index (χ2n) is 4.33. The maximum absolute atomic E-state index is 13.0. The highest BCUT2D eigenvalue weighted by atomic mass is 19.2. The fourth-order valence-electron chi connectivity index (χ4n) is 1.55. The summed E-state index contributed by atoms with van der Waals surface area (Å²) in [7, 11) is 1.51. The molecular formula is C13H16F2N2O3. The lowest BCUT2D eigenvalue weighted by Crippen LogP contribution is -2.37. The van der Waals surface area contributed by atoms with Gasteiger partial charge in [0, 0.05) is 26.6 Å². The SMILES string of the molecule is CN(Cc1ccc(F)c(F)c1)C(=O)NCCCC(=O)O. The van der Waals surface area contributed by atoms with Crippen LogP contribution in [-0.4, -0.2) is 35.6 Å². The van der Waals surface area contributed by atoms with E-state index in [1.165, 1.54) is 18.0 Å². The Morgan fingerprint density at radius 1 is 1.30 bits per heavy atom. The van der Waals surface area contributed by atoms with Crippen LogP contribution in [0.2, 0.25) is 0 Å². The van der Waals surface area contributed by atoms with Gasteiger partial charge in [-0.1, -0.05) is 6.07 Å². The Morgan fingerprint density at radius 3 is 2.60 bits per heavy atom. The van der Waals surface area contributed by atoms with Crippen molar-refractivity contribution < 1.29 is 23.5 Å². The number of carbonyl (C=O) groups excluding carboxylic acids is 1. The van der Waals surface area contributed by atoms with E-state index in [2.05, 4.69) is 5.32 Å². The zero-order valence-corrected chi connectivity index (χ0v) is 11.0. The number of halogens is 2. The number of hydrogen-bond acceptors (Lipinski definition) is 2. The third-order valence-electron chi connectivity index (χ3n) is 2.59. The molecule has 1 rings (SSSR count). The fraction of sp³-hybridized carbons (Fsp3) is 0.385. The molecule has 5 nitrogen and oxygen atoms in total. The number of hydrogen-bond donors (Lipinski definition) is 2. The number of benzene rings is 1.